The summed E-state index contributed by atoms with van der Waals surface area (Å²) in [6.45, 7) is 2.05. The SMILES string of the molecule is CC1=NN(c2nc3ccccc3s2)C(=O)/C1=C/c1ccc2c(c1)OCO2. The number of hydrazone groups is 1. The number of hydrogen-bond donors (Lipinski definition) is 0. The van der Waals surface area contributed by atoms with Crippen LogP contribution in [0.5, 0.6) is 11.5 Å². The van der Waals surface area contributed by atoms with Crippen molar-refractivity contribution < 1.29 is 14.3 Å². The van der Waals surface area contributed by atoms with E-state index in [0.29, 0.717) is 27.9 Å². The molecule has 2 aliphatic rings. The molecule has 6 nitrogen and oxygen atoms in total. The molecule has 0 saturated heterocycles. The zero-order valence-corrected chi connectivity index (χ0v) is 14.6. The number of hydrogen-bond acceptors (Lipinski definition) is 6. The molecule has 0 unspecified atom stereocenters. The molecule has 0 radical (unpaired) electrons. The number of carbonyl (C=O) groups excluding carboxylic acids is 1. The van der Waals surface area contributed by atoms with Gasteiger partial charge in [0.25, 0.3) is 5.91 Å². The third-order valence-electron chi connectivity index (χ3n) is 4.23. The molecule has 0 fully saturated rings. The van der Waals surface area contributed by atoms with Crippen LogP contribution in [0.4, 0.5) is 5.13 Å². The summed E-state index contributed by atoms with van der Waals surface area (Å²) in [7, 11) is 0. The first-order chi connectivity index (χ1) is 12.7. The van der Waals surface area contributed by atoms with Crippen LogP contribution in [0.1, 0.15) is 12.5 Å². The number of anilines is 1. The summed E-state index contributed by atoms with van der Waals surface area (Å²) < 4.78 is 11.7. The summed E-state index contributed by atoms with van der Waals surface area (Å²) in [6.07, 6.45) is 1.82. The van der Waals surface area contributed by atoms with Gasteiger partial charge in [-0.05, 0) is 42.8 Å². The van der Waals surface area contributed by atoms with Crippen molar-refractivity contribution in [3.63, 3.8) is 0 Å². The van der Waals surface area contributed by atoms with Gasteiger partial charge in [-0.25, -0.2) is 4.98 Å². The van der Waals surface area contributed by atoms with Gasteiger partial charge >= 0.3 is 0 Å². The van der Waals surface area contributed by atoms with Gasteiger partial charge in [0.05, 0.1) is 21.5 Å². The number of aromatic nitrogens is 1. The lowest BCUT2D eigenvalue weighted by Crippen LogP contribution is -2.21. The maximum absolute atomic E-state index is 12.9. The van der Waals surface area contributed by atoms with Crippen LogP contribution in [-0.4, -0.2) is 23.4 Å². The molecule has 5 rings (SSSR count). The first-order valence-corrected chi connectivity index (χ1v) is 8.88. The second-order valence-corrected chi connectivity index (χ2v) is 6.95. The van der Waals surface area contributed by atoms with Crippen molar-refractivity contribution >= 4 is 44.4 Å². The summed E-state index contributed by atoms with van der Waals surface area (Å²) in [5.74, 6) is 1.22. The van der Waals surface area contributed by atoms with Gasteiger partial charge in [-0.15, -0.1) is 0 Å². The van der Waals surface area contributed by atoms with Crippen LogP contribution in [0.2, 0.25) is 0 Å². The fourth-order valence-corrected chi connectivity index (χ4v) is 3.85. The Kier molecular flexibility index (Phi) is 3.29. The van der Waals surface area contributed by atoms with Crippen molar-refractivity contribution in [1.29, 1.82) is 0 Å². The Morgan fingerprint density at radius 1 is 1.15 bits per heavy atom. The lowest BCUT2D eigenvalue weighted by Gasteiger charge is -2.06. The van der Waals surface area contributed by atoms with Gasteiger partial charge in [-0.2, -0.15) is 10.1 Å². The highest BCUT2D eigenvalue weighted by Gasteiger charge is 2.31. The zero-order chi connectivity index (χ0) is 17.7. The van der Waals surface area contributed by atoms with Crippen molar-refractivity contribution in [2.45, 2.75) is 6.92 Å². The summed E-state index contributed by atoms with van der Waals surface area (Å²) in [5, 5.41) is 6.36. The molecular formula is C19H13N3O3S. The van der Waals surface area contributed by atoms with Crippen LogP contribution in [0.3, 0.4) is 0 Å². The number of carbonyl (C=O) groups is 1. The quantitative estimate of drug-likeness (QED) is 0.649. The van der Waals surface area contributed by atoms with E-state index in [0.717, 1.165) is 15.8 Å². The van der Waals surface area contributed by atoms with Crippen molar-refractivity contribution in [1.82, 2.24) is 4.98 Å². The van der Waals surface area contributed by atoms with Gasteiger partial charge in [0.15, 0.2) is 11.5 Å². The van der Waals surface area contributed by atoms with Gasteiger partial charge in [0, 0.05) is 0 Å². The minimum Gasteiger partial charge on any atom is -0.454 e. The molecule has 3 aromatic rings. The smallest absolute Gasteiger partial charge is 0.282 e. The third kappa shape index (κ3) is 2.36. The lowest BCUT2D eigenvalue weighted by molar-refractivity contribution is -0.114. The predicted octanol–water partition coefficient (Wildman–Crippen LogP) is 3.83. The van der Waals surface area contributed by atoms with Crippen LogP contribution in [0.15, 0.2) is 53.1 Å². The zero-order valence-electron chi connectivity index (χ0n) is 13.8. The highest BCUT2D eigenvalue weighted by molar-refractivity contribution is 7.22. The Morgan fingerprint density at radius 2 is 2.00 bits per heavy atom. The largest absolute Gasteiger partial charge is 0.454 e. The first-order valence-electron chi connectivity index (χ1n) is 8.06. The highest BCUT2D eigenvalue weighted by atomic mass is 32.1. The van der Waals surface area contributed by atoms with E-state index < -0.39 is 0 Å². The summed E-state index contributed by atoms with van der Waals surface area (Å²) in [4.78, 5) is 17.4. The molecule has 0 atom stereocenters. The van der Waals surface area contributed by atoms with Gasteiger partial charge in [0.1, 0.15) is 0 Å². The molecule has 0 N–H and O–H groups in total. The number of benzene rings is 2. The molecule has 128 valence electrons. The van der Waals surface area contributed by atoms with Crippen molar-refractivity contribution in [3.8, 4) is 11.5 Å². The molecule has 2 aliphatic heterocycles. The number of thiazole rings is 1. The van der Waals surface area contributed by atoms with E-state index in [1.165, 1.54) is 16.3 Å². The summed E-state index contributed by atoms with van der Waals surface area (Å²) in [6, 6.07) is 13.4. The number of rotatable bonds is 2. The molecule has 7 heteroatoms. The molecule has 0 aliphatic carbocycles. The van der Waals surface area contributed by atoms with Crippen molar-refractivity contribution in [3.05, 3.63) is 53.6 Å². The average molecular weight is 363 g/mol. The second-order valence-electron chi connectivity index (χ2n) is 5.94. The summed E-state index contributed by atoms with van der Waals surface area (Å²) >= 11 is 1.45. The first kappa shape index (κ1) is 15.1. The molecule has 26 heavy (non-hydrogen) atoms. The van der Waals surface area contributed by atoms with Gasteiger partial charge in [-0.1, -0.05) is 29.5 Å². The van der Waals surface area contributed by atoms with Gasteiger partial charge in [0.2, 0.25) is 11.9 Å². The number of fused-ring (bicyclic) bond motifs is 2. The average Bonchev–Trinajstić information content (AvgIpc) is 3.34. The number of nitrogens with zero attached hydrogens (tertiary/aromatic N) is 3. The van der Waals surface area contributed by atoms with Crippen LogP contribution in [0, 0.1) is 0 Å². The van der Waals surface area contributed by atoms with Gasteiger partial charge < -0.3 is 9.47 Å². The fraction of sp³-hybridized carbons (Fsp3) is 0.105. The Morgan fingerprint density at radius 3 is 2.88 bits per heavy atom. The Balaban J connectivity index is 1.50. The minimum atomic E-state index is -0.181. The maximum Gasteiger partial charge on any atom is 0.282 e. The van der Waals surface area contributed by atoms with E-state index in [4.69, 9.17) is 9.47 Å². The van der Waals surface area contributed by atoms with E-state index in [2.05, 4.69) is 10.1 Å². The standard InChI is InChI=1S/C19H13N3O3S/c1-11-13(8-12-6-7-15-16(9-12)25-10-24-15)18(23)22(21-11)19-20-14-4-2-3-5-17(14)26-19/h2-9H,10H2,1H3/b13-8+. The van der Waals surface area contributed by atoms with E-state index in [9.17, 15) is 4.79 Å². The predicted molar refractivity (Wildman–Crippen MR) is 101 cm³/mol. The van der Waals surface area contributed by atoms with Gasteiger partial charge in [-0.3, -0.25) is 4.79 Å². The molecule has 0 bridgehead atoms. The van der Waals surface area contributed by atoms with Crippen molar-refractivity contribution in [2.24, 2.45) is 5.10 Å². The number of ether oxygens (including phenoxy) is 2. The monoisotopic (exact) mass is 363 g/mol. The van der Waals surface area contributed by atoms with E-state index in [-0.39, 0.29) is 12.7 Å². The fourth-order valence-electron chi connectivity index (χ4n) is 2.93. The molecule has 1 aromatic heterocycles. The normalized spacial score (nSPS) is 17.4. The number of amides is 1. The molecule has 2 aromatic carbocycles. The topological polar surface area (TPSA) is 64.0 Å². The molecular weight excluding hydrogens is 350 g/mol. The van der Waals surface area contributed by atoms with E-state index >= 15 is 0 Å². The Bertz CT molecular complexity index is 1080. The van der Waals surface area contributed by atoms with Crippen LogP contribution in [-0.2, 0) is 4.79 Å². The molecule has 0 saturated carbocycles. The minimum absolute atomic E-state index is 0.181. The molecule has 1 amide bonds. The van der Waals surface area contributed by atoms with Crippen LogP contribution < -0.4 is 14.5 Å². The van der Waals surface area contributed by atoms with Crippen LogP contribution in [0.25, 0.3) is 16.3 Å². The Hall–Kier alpha value is -3.19. The van der Waals surface area contributed by atoms with Crippen LogP contribution >= 0.6 is 11.3 Å². The second kappa shape index (κ2) is 5.67. The third-order valence-corrected chi connectivity index (χ3v) is 5.25. The summed E-state index contributed by atoms with van der Waals surface area (Å²) in [5.41, 5.74) is 2.93. The number of para-hydroxylation sites is 1. The highest BCUT2D eigenvalue weighted by Crippen LogP contribution is 2.35. The van der Waals surface area contributed by atoms with E-state index in [1.807, 2.05) is 55.5 Å². The van der Waals surface area contributed by atoms with Crippen molar-refractivity contribution in [2.75, 3.05) is 11.8 Å². The van der Waals surface area contributed by atoms with E-state index in [1.54, 1.807) is 0 Å². The molecule has 0 spiro atoms. The maximum atomic E-state index is 12.9. The molecule has 3 heterocycles. The Labute approximate surface area is 153 Å². The lowest BCUT2D eigenvalue weighted by atomic mass is 10.1.